The molecule has 186 valence electrons. The van der Waals surface area contributed by atoms with Gasteiger partial charge in [0.1, 0.15) is 5.82 Å². The summed E-state index contributed by atoms with van der Waals surface area (Å²) in [5, 5.41) is 0.900. The maximum Gasteiger partial charge on any atom is 0.419 e. The van der Waals surface area contributed by atoms with Crippen LogP contribution in [0.3, 0.4) is 0 Å². The van der Waals surface area contributed by atoms with Crippen molar-refractivity contribution in [2.24, 2.45) is 0 Å². The minimum Gasteiger partial charge on any atom is -0.356 e. The number of fused-ring (bicyclic) bond motifs is 3. The largest absolute Gasteiger partial charge is 0.419 e. The van der Waals surface area contributed by atoms with Crippen LogP contribution in [0.25, 0.3) is 10.9 Å². The molecule has 3 nitrogen and oxygen atoms in total. The fourth-order valence-corrected chi connectivity index (χ4v) is 4.70. The summed E-state index contributed by atoms with van der Waals surface area (Å²) in [6.07, 6.45) is -9.07. The van der Waals surface area contributed by atoms with Gasteiger partial charge in [-0.15, -0.1) is 0 Å². The zero-order valence-corrected chi connectivity index (χ0v) is 18.3. The van der Waals surface area contributed by atoms with Crippen LogP contribution in [-0.4, -0.2) is 22.3 Å². The first-order valence-electron chi connectivity index (χ1n) is 10.9. The highest BCUT2D eigenvalue weighted by Gasteiger charge is 2.38. The number of carbonyl (C=O) groups is 1. The van der Waals surface area contributed by atoms with Crippen molar-refractivity contribution in [3.63, 3.8) is 0 Å². The molecule has 36 heavy (non-hydrogen) atoms. The lowest BCUT2D eigenvalue weighted by molar-refractivity contribution is -0.140. The summed E-state index contributed by atoms with van der Waals surface area (Å²) >= 11 is 0. The molecule has 1 atom stereocenters. The standard InChI is InChI=1S/C26H17F7N2O/c27-20-13-15(7-10-19(20)26(31,32)33)24(36)35-12-11-18-17-3-1-2-4-21(17)34-22(18)23(35)14-5-8-16(9-6-14)25(28,29)30/h1-10,13,23,34H,11-12H2. The van der Waals surface area contributed by atoms with E-state index in [2.05, 4.69) is 4.98 Å². The van der Waals surface area contributed by atoms with Crippen LogP contribution in [0.2, 0.25) is 0 Å². The second-order valence-corrected chi connectivity index (χ2v) is 8.53. The normalized spacial score (nSPS) is 16.3. The van der Waals surface area contributed by atoms with Crippen LogP contribution in [0.5, 0.6) is 0 Å². The lowest BCUT2D eigenvalue weighted by Crippen LogP contribution is -2.40. The summed E-state index contributed by atoms with van der Waals surface area (Å²) in [6, 6.07) is 12.8. The third-order valence-electron chi connectivity index (χ3n) is 6.37. The number of hydrogen-bond donors (Lipinski definition) is 1. The summed E-state index contributed by atoms with van der Waals surface area (Å²) < 4.78 is 92.6. The molecule has 10 heteroatoms. The number of nitrogens with zero attached hydrogens (tertiary/aromatic N) is 1. The zero-order chi connectivity index (χ0) is 25.8. The number of benzene rings is 3. The average Bonchev–Trinajstić information content (AvgIpc) is 3.20. The van der Waals surface area contributed by atoms with Crippen molar-refractivity contribution in [3.05, 3.63) is 106 Å². The molecule has 3 aromatic carbocycles. The van der Waals surface area contributed by atoms with Gasteiger partial charge in [0.15, 0.2) is 0 Å². The number of H-pyrrole nitrogens is 1. The molecule has 0 aliphatic carbocycles. The molecule has 1 unspecified atom stereocenters. The van der Waals surface area contributed by atoms with Crippen LogP contribution < -0.4 is 0 Å². The Bertz CT molecular complexity index is 1450. The monoisotopic (exact) mass is 506 g/mol. The van der Waals surface area contributed by atoms with Gasteiger partial charge in [0, 0.05) is 28.7 Å². The maximum atomic E-state index is 14.2. The third-order valence-corrected chi connectivity index (χ3v) is 6.37. The van der Waals surface area contributed by atoms with Gasteiger partial charge in [0.25, 0.3) is 5.91 Å². The van der Waals surface area contributed by atoms with Crippen molar-refractivity contribution < 1.29 is 35.5 Å². The second-order valence-electron chi connectivity index (χ2n) is 8.53. The molecule has 4 aromatic rings. The van der Waals surface area contributed by atoms with Crippen molar-refractivity contribution in [2.45, 2.75) is 24.8 Å². The van der Waals surface area contributed by atoms with Gasteiger partial charge in [-0.3, -0.25) is 4.79 Å². The Morgan fingerprint density at radius 2 is 1.58 bits per heavy atom. The predicted molar refractivity (Wildman–Crippen MR) is 118 cm³/mol. The Morgan fingerprint density at radius 3 is 2.22 bits per heavy atom. The molecule has 0 fully saturated rings. The lowest BCUT2D eigenvalue weighted by Gasteiger charge is -2.36. The minimum atomic E-state index is -4.92. The van der Waals surface area contributed by atoms with Crippen LogP contribution in [0.15, 0.2) is 66.7 Å². The first kappa shape index (κ1) is 23.9. The zero-order valence-electron chi connectivity index (χ0n) is 18.3. The van der Waals surface area contributed by atoms with Gasteiger partial charge in [0.05, 0.1) is 17.2 Å². The highest BCUT2D eigenvalue weighted by Crippen LogP contribution is 2.40. The topological polar surface area (TPSA) is 36.1 Å². The number of aromatic nitrogens is 1. The molecule has 1 aliphatic rings. The Morgan fingerprint density at radius 1 is 0.889 bits per heavy atom. The van der Waals surface area contributed by atoms with Gasteiger partial charge < -0.3 is 9.88 Å². The van der Waals surface area contributed by atoms with Gasteiger partial charge in [-0.25, -0.2) is 4.39 Å². The number of carbonyl (C=O) groups excluding carboxylic acids is 1. The highest BCUT2D eigenvalue weighted by molar-refractivity contribution is 5.95. The van der Waals surface area contributed by atoms with Crippen molar-refractivity contribution in [3.8, 4) is 0 Å². The Balaban J connectivity index is 1.61. The Kier molecular flexibility index (Phi) is 5.57. The van der Waals surface area contributed by atoms with Crippen LogP contribution in [0.1, 0.15) is 44.3 Å². The summed E-state index contributed by atoms with van der Waals surface area (Å²) in [7, 11) is 0. The first-order chi connectivity index (χ1) is 16.9. The molecule has 1 amide bonds. The molecule has 1 aromatic heterocycles. The van der Waals surface area contributed by atoms with Crippen molar-refractivity contribution >= 4 is 16.8 Å². The van der Waals surface area contributed by atoms with Crippen LogP contribution in [-0.2, 0) is 18.8 Å². The highest BCUT2D eigenvalue weighted by atomic mass is 19.4. The number of halogens is 7. The van der Waals surface area contributed by atoms with E-state index in [1.54, 1.807) is 0 Å². The van der Waals surface area contributed by atoms with E-state index in [1.165, 1.54) is 17.0 Å². The molecule has 1 aliphatic heterocycles. The molecule has 5 rings (SSSR count). The lowest BCUT2D eigenvalue weighted by atomic mass is 9.91. The van der Waals surface area contributed by atoms with Crippen molar-refractivity contribution in [2.75, 3.05) is 6.54 Å². The van der Waals surface area contributed by atoms with Crippen LogP contribution in [0.4, 0.5) is 30.7 Å². The Labute approximate surface area is 200 Å². The van der Waals surface area contributed by atoms with Crippen LogP contribution >= 0.6 is 0 Å². The fourth-order valence-electron chi connectivity index (χ4n) is 4.70. The van der Waals surface area contributed by atoms with Gasteiger partial charge in [0.2, 0.25) is 0 Å². The molecular weight excluding hydrogens is 489 g/mol. The van der Waals surface area contributed by atoms with Crippen molar-refractivity contribution in [1.82, 2.24) is 9.88 Å². The van der Waals surface area contributed by atoms with E-state index in [0.29, 0.717) is 29.8 Å². The van der Waals surface area contributed by atoms with Crippen LogP contribution in [0, 0.1) is 5.82 Å². The van der Waals surface area contributed by atoms with E-state index in [0.717, 1.165) is 34.7 Å². The number of hydrogen-bond acceptors (Lipinski definition) is 1. The molecule has 0 bridgehead atoms. The average molecular weight is 506 g/mol. The molecule has 1 N–H and O–H groups in total. The van der Waals surface area contributed by atoms with Gasteiger partial charge in [-0.05, 0) is 53.9 Å². The second kappa shape index (κ2) is 8.39. The van der Waals surface area contributed by atoms with E-state index in [9.17, 15) is 35.5 Å². The molecule has 0 radical (unpaired) electrons. The Hall–Kier alpha value is -3.82. The summed E-state index contributed by atoms with van der Waals surface area (Å²) in [5.41, 5.74) is -0.0277. The number of rotatable bonds is 2. The first-order valence-corrected chi connectivity index (χ1v) is 10.9. The summed E-state index contributed by atoms with van der Waals surface area (Å²) in [5.74, 6) is -2.32. The SMILES string of the molecule is O=C(c1ccc(C(F)(F)F)c(F)c1)N1CCc2c([nH]c3ccccc23)C1c1ccc(C(F)(F)F)cc1. The number of para-hydroxylation sites is 1. The summed E-state index contributed by atoms with van der Waals surface area (Å²) in [4.78, 5) is 18.0. The van der Waals surface area contributed by atoms with Crippen molar-refractivity contribution in [1.29, 1.82) is 0 Å². The quantitative estimate of drug-likeness (QED) is 0.289. The predicted octanol–water partition coefficient (Wildman–Crippen LogP) is 7.13. The van der Waals surface area contributed by atoms with Gasteiger partial charge >= 0.3 is 12.4 Å². The number of alkyl halides is 6. The van der Waals surface area contributed by atoms with E-state index in [-0.39, 0.29) is 12.1 Å². The minimum absolute atomic E-state index is 0.127. The smallest absolute Gasteiger partial charge is 0.356 e. The molecule has 0 saturated carbocycles. The van der Waals surface area contributed by atoms with E-state index in [4.69, 9.17) is 0 Å². The number of aromatic amines is 1. The molecule has 0 spiro atoms. The fraction of sp³-hybridized carbons (Fsp3) is 0.192. The molecular formula is C26H17F7N2O. The van der Waals surface area contributed by atoms with E-state index in [1.807, 2.05) is 24.3 Å². The molecule has 0 saturated heterocycles. The number of nitrogens with one attached hydrogen (secondary N) is 1. The van der Waals surface area contributed by atoms with E-state index >= 15 is 0 Å². The van der Waals surface area contributed by atoms with Gasteiger partial charge in [-0.2, -0.15) is 26.3 Å². The summed E-state index contributed by atoms with van der Waals surface area (Å²) in [6.45, 7) is 0.127. The van der Waals surface area contributed by atoms with E-state index < -0.39 is 41.2 Å². The third kappa shape index (κ3) is 4.10. The van der Waals surface area contributed by atoms with Gasteiger partial charge in [-0.1, -0.05) is 30.3 Å². The number of amides is 1. The maximum absolute atomic E-state index is 14.2. The molecule has 2 heterocycles.